The van der Waals surface area contributed by atoms with Crippen LogP contribution in [0.5, 0.6) is 0 Å². The van der Waals surface area contributed by atoms with Crippen LogP contribution in [0.4, 0.5) is 5.69 Å². The Morgan fingerprint density at radius 2 is 2.18 bits per heavy atom. The Balaban J connectivity index is 2.38. The third kappa shape index (κ3) is 2.40. The zero-order valence-electron chi connectivity index (χ0n) is 9.01. The number of sulfonamides is 1. The van der Waals surface area contributed by atoms with Crippen LogP contribution in [0.1, 0.15) is 6.42 Å². The molecule has 1 fully saturated rings. The number of anilines is 1. The highest BCUT2D eigenvalue weighted by atomic mass is 35.5. The van der Waals surface area contributed by atoms with E-state index in [2.05, 4.69) is 0 Å². The fourth-order valence-electron chi connectivity index (χ4n) is 1.79. The summed E-state index contributed by atoms with van der Waals surface area (Å²) in [5.41, 5.74) is 5.93. The molecule has 0 unspecified atom stereocenters. The average Bonchev–Trinajstić information content (AvgIpc) is 2.64. The molecule has 3 N–H and O–H groups in total. The quantitative estimate of drug-likeness (QED) is 0.778. The number of hydrogen-bond donors (Lipinski definition) is 2. The molecule has 17 heavy (non-hydrogen) atoms. The predicted octanol–water partition coefficient (Wildman–Crippen LogP) is 0.677. The third-order valence-corrected chi connectivity index (χ3v) is 5.05. The van der Waals surface area contributed by atoms with E-state index in [-0.39, 0.29) is 16.5 Å². The number of aliphatic hydroxyl groups is 1. The SMILES string of the molecule is Nc1ccc(S(=O)(=O)N2CC[C@@H](O)C2)c(Cl)c1. The molecule has 7 heteroatoms. The van der Waals surface area contributed by atoms with Gasteiger partial charge in [-0.15, -0.1) is 0 Å². The lowest BCUT2D eigenvalue weighted by molar-refractivity contribution is 0.189. The van der Waals surface area contributed by atoms with E-state index in [1.807, 2.05) is 0 Å². The molecular weight excluding hydrogens is 264 g/mol. The van der Waals surface area contributed by atoms with E-state index in [9.17, 15) is 13.5 Å². The highest BCUT2D eigenvalue weighted by Crippen LogP contribution is 2.28. The first-order valence-corrected chi connectivity index (χ1v) is 6.96. The maximum absolute atomic E-state index is 12.2. The lowest BCUT2D eigenvalue weighted by Crippen LogP contribution is -2.29. The summed E-state index contributed by atoms with van der Waals surface area (Å²) < 4.78 is 25.6. The molecule has 0 amide bonds. The smallest absolute Gasteiger partial charge is 0.244 e. The molecule has 0 aliphatic carbocycles. The van der Waals surface area contributed by atoms with Crippen LogP contribution in [0.2, 0.25) is 5.02 Å². The van der Waals surface area contributed by atoms with Crippen LogP contribution < -0.4 is 5.73 Å². The molecule has 1 aliphatic heterocycles. The van der Waals surface area contributed by atoms with E-state index < -0.39 is 16.1 Å². The molecule has 94 valence electrons. The summed E-state index contributed by atoms with van der Waals surface area (Å²) in [5, 5.41) is 9.47. The second-order valence-corrected chi connectivity index (χ2v) is 6.31. The first-order valence-electron chi connectivity index (χ1n) is 5.14. The van der Waals surface area contributed by atoms with Crippen molar-refractivity contribution in [3.05, 3.63) is 23.2 Å². The fourth-order valence-corrected chi connectivity index (χ4v) is 3.81. The van der Waals surface area contributed by atoms with Gasteiger partial charge in [-0.2, -0.15) is 4.31 Å². The number of nitrogens with zero attached hydrogens (tertiary/aromatic N) is 1. The highest BCUT2D eigenvalue weighted by Gasteiger charge is 2.32. The minimum atomic E-state index is -3.63. The number of β-amino-alcohol motifs (C(OH)–C–C–N with tert-alkyl or cyclic N) is 1. The second-order valence-electron chi connectivity index (χ2n) is 4.00. The van der Waals surface area contributed by atoms with E-state index in [1.165, 1.54) is 22.5 Å². The van der Waals surface area contributed by atoms with Crippen molar-refractivity contribution in [1.82, 2.24) is 4.31 Å². The van der Waals surface area contributed by atoms with Gasteiger partial charge >= 0.3 is 0 Å². The van der Waals surface area contributed by atoms with Crippen molar-refractivity contribution in [3.8, 4) is 0 Å². The van der Waals surface area contributed by atoms with Crippen molar-refractivity contribution >= 4 is 27.3 Å². The van der Waals surface area contributed by atoms with Crippen LogP contribution in [0.15, 0.2) is 23.1 Å². The number of halogens is 1. The number of benzene rings is 1. The molecule has 1 atom stereocenters. The van der Waals surface area contributed by atoms with Crippen molar-refractivity contribution < 1.29 is 13.5 Å². The highest BCUT2D eigenvalue weighted by molar-refractivity contribution is 7.89. The standard InChI is InChI=1S/C10H13ClN2O3S/c11-9-5-7(12)1-2-10(9)17(15,16)13-4-3-8(14)6-13/h1-2,5,8,14H,3-4,6,12H2/t8-/m1/s1. The Kier molecular flexibility index (Phi) is 3.31. The summed E-state index contributed by atoms with van der Waals surface area (Å²) in [6, 6.07) is 4.28. The zero-order valence-corrected chi connectivity index (χ0v) is 10.6. The van der Waals surface area contributed by atoms with Gasteiger partial charge < -0.3 is 10.8 Å². The monoisotopic (exact) mass is 276 g/mol. The maximum Gasteiger partial charge on any atom is 0.244 e. The van der Waals surface area contributed by atoms with Gasteiger partial charge in [0.25, 0.3) is 0 Å². The molecule has 0 radical (unpaired) electrons. The Bertz CT molecular complexity index is 532. The Morgan fingerprint density at radius 3 is 2.71 bits per heavy atom. The van der Waals surface area contributed by atoms with Crippen molar-refractivity contribution in [2.75, 3.05) is 18.8 Å². The molecule has 0 saturated carbocycles. The number of hydrogen-bond acceptors (Lipinski definition) is 4. The Labute approximate surface area is 105 Å². The Morgan fingerprint density at radius 1 is 1.47 bits per heavy atom. The van der Waals surface area contributed by atoms with Gasteiger partial charge in [-0.05, 0) is 24.6 Å². The van der Waals surface area contributed by atoms with E-state index >= 15 is 0 Å². The van der Waals surface area contributed by atoms with Crippen molar-refractivity contribution in [1.29, 1.82) is 0 Å². The summed E-state index contributed by atoms with van der Waals surface area (Å²) in [6.07, 6.45) is -0.149. The van der Waals surface area contributed by atoms with Crippen LogP contribution in [-0.2, 0) is 10.0 Å². The number of aliphatic hydroxyl groups excluding tert-OH is 1. The summed E-state index contributed by atoms with van der Waals surface area (Å²) in [7, 11) is -3.63. The molecular formula is C10H13ClN2O3S. The number of rotatable bonds is 2. The van der Waals surface area contributed by atoms with Gasteiger partial charge in [0.15, 0.2) is 0 Å². The minimum Gasteiger partial charge on any atom is -0.399 e. The molecule has 1 aromatic rings. The van der Waals surface area contributed by atoms with Crippen LogP contribution in [0.25, 0.3) is 0 Å². The zero-order chi connectivity index (χ0) is 12.6. The molecule has 0 bridgehead atoms. The van der Waals surface area contributed by atoms with Gasteiger partial charge in [0.1, 0.15) is 4.90 Å². The summed E-state index contributed by atoms with van der Waals surface area (Å²) in [4.78, 5) is 0.0301. The van der Waals surface area contributed by atoms with Gasteiger partial charge in [0.05, 0.1) is 11.1 Å². The molecule has 5 nitrogen and oxygen atoms in total. The van der Waals surface area contributed by atoms with Crippen LogP contribution in [0.3, 0.4) is 0 Å². The maximum atomic E-state index is 12.2. The van der Waals surface area contributed by atoms with Gasteiger partial charge in [-0.25, -0.2) is 8.42 Å². The van der Waals surface area contributed by atoms with E-state index in [1.54, 1.807) is 0 Å². The summed E-state index contributed by atoms with van der Waals surface area (Å²) in [6.45, 7) is 0.424. The van der Waals surface area contributed by atoms with Gasteiger partial charge in [0.2, 0.25) is 10.0 Å². The molecule has 0 aromatic heterocycles. The van der Waals surface area contributed by atoms with Crippen LogP contribution in [0, 0.1) is 0 Å². The molecule has 0 spiro atoms. The van der Waals surface area contributed by atoms with Gasteiger partial charge in [0, 0.05) is 18.8 Å². The van der Waals surface area contributed by atoms with E-state index in [4.69, 9.17) is 17.3 Å². The van der Waals surface area contributed by atoms with E-state index in [0.717, 1.165) is 0 Å². The van der Waals surface area contributed by atoms with Crippen LogP contribution >= 0.6 is 11.6 Å². The first kappa shape index (κ1) is 12.6. The lowest BCUT2D eigenvalue weighted by atomic mass is 10.3. The topological polar surface area (TPSA) is 83.6 Å². The molecule has 2 rings (SSSR count). The number of nitrogen functional groups attached to an aromatic ring is 1. The molecule has 1 aromatic carbocycles. The fraction of sp³-hybridized carbons (Fsp3) is 0.400. The second kappa shape index (κ2) is 4.45. The predicted molar refractivity (Wildman–Crippen MR) is 65.2 cm³/mol. The lowest BCUT2D eigenvalue weighted by Gasteiger charge is -2.16. The van der Waals surface area contributed by atoms with E-state index in [0.29, 0.717) is 18.7 Å². The van der Waals surface area contributed by atoms with Crippen LogP contribution in [-0.4, -0.2) is 37.0 Å². The minimum absolute atomic E-state index is 0.0301. The van der Waals surface area contributed by atoms with Crippen molar-refractivity contribution in [2.24, 2.45) is 0 Å². The van der Waals surface area contributed by atoms with Crippen molar-refractivity contribution in [3.63, 3.8) is 0 Å². The molecule has 1 saturated heterocycles. The third-order valence-electron chi connectivity index (χ3n) is 2.70. The van der Waals surface area contributed by atoms with Gasteiger partial charge in [-0.1, -0.05) is 11.6 Å². The van der Waals surface area contributed by atoms with Crippen molar-refractivity contribution in [2.45, 2.75) is 17.4 Å². The largest absolute Gasteiger partial charge is 0.399 e. The Hall–Kier alpha value is -0.820. The normalized spacial score (nSPS) is 21.9. The first-order chi connectivity index (χ1) is 7.91. The molecule has 1 heterocycles. The number of nitrogens with two attached hydrogens (primary N) is 1. The summed E-state index contributed by atoms with van der Waals surface area (Å²) in [5.74, 6) is 0. The van der Waals surface area contributed by atoms with Gasteiger partial charge in [-0.3, -0.25) is 0 Å². The molecule has 1 aliphatic rings. The summed E-state index contributed by atoms with van der Waals surface area (Å²) >= 11 is 5.88. The average molecular weight is 277 g/mol.